The molecule has 0 aliphatic rings. The van der Waals surface area contributed by atoms with Crippen molar-refractivity contribution in [1.29, 1.82) is 0 Å². The Kier molecular flexibility index (Phi) is 6.62. The topological polar surface area (TPSA) is 72.8 Å². The lowest BCUT2D eigenvalue weighted by Crippen LogP contribution is -2.37. The van der Waals surface area contributed by atoms with E-state index in [-0.39, 0.29) is 19.8 Å². The molecule has 0 radical (unpaired) electrons. The molecule has 0 saturated carbocycles. The Balaban J connectivity index is 2.63. The minimum atomic E-state index is -0.802. The molecule has 21 heavy (non-hydrogen) atoms. The van der Waals surface area contributed by atoms with Crippen molar-refractivity contribution in [3.8, 4) is 0 Å². The summed E-state index contributed by atoms with van der Waals surface area (Å²) in [6.07, 6.45) is 1.55. The van der Waals surface area contributed by atoms with Crippen molar-refractivity contribution in [2.75, 3.05) is 19.8 Å². The highest BCUT2D eigenvalue weighted by molar-refractivity contribution is 5.89. The smallest absolute Gasteiger partial charge is 0.338 e. The summed E-state index contributed by atoms with van der Waals surface area (Å²) in [6, 6.07) is 8.57. The van der Waals surface area contributed by atoms with E-state index >= 15 is 0 Å². The molecule has 0 heterocycles. The maximum Gasteiger partial charge on any atom is 0.338 e. The van der Waals surface area contributed by atoms with Crippen LogP contribution in [0.25, 0.3) is 0 Å². The number of aliphatic hydroxyl groups is 1. The average Bonchev–Trinajstić information content (AvgIpc) is 2.55. The summed E-state index contributed by atoms with van der Waals surface area (Å²) in [5.41, 5.74) is -0.369. The maximum absolute atomic E-state index is 11.9. The summed E-state index contributed by atoms with van der Waals surface area (Å²) >= 11 is 0. The molecule has 5 nitrogen and oxygen atoms in total. The van der Waals surface area contributed by atoms with E-state index in [2.05, 4.69) is 6.58 Å². The van der Waals surface area contributed by atoms with E-state index in [0.29, 0.717) is 12.0 Å². The monoisotopic (exact) mass is 292 g/mol. The van der Waals surface area contributed by atoms with Crippen molar-refractivity contribution in [2.24, 2.45) is 5.41 Å². The van der Waals surface area contributed by atoms with Crippen molar-refractivity contribution in [1.82, 2.24) is 0 Å². The zero-order valence-corrected chi connectivity index (χ0v) is 12.1. The van der Waals surface area contributed by atoms with E-state index in [9.17, 15) is 14.7 Å². The molecule has 1 rings (SSSR count). The Labute approximate surface area is 124 Å². The number of esters is 2. The number of carbonyl (C=O) groups excluding carboxylic acids is 2. The first kappa shape index (κ1) is 16.9. The van der Waals surface area contributed by atoms with E-state index in [4.69, 9.17) is 9.47 Å². The normalized spacial score (nSPS) is 13.0. The zero-order valence-electron chi connectivity index (χ0n) is 12.1. The third-order valence-corrected chi connectivity index (χ3v) is 3.29. The first-order valence-corrected chi connectivity index (χ1v) is 6.69. The van der Waals surface area contributed by atoms with Crippen molar-refractivity contribution in [3.63, 3.8) is 0 Å². The van der Waals surface area contributed by atoms with Crippen LogP contribution in [0.1, 0.15) is 23.7 Å². The average molecular weight is 292 g/mol. The van der Waals surface area contributed by atoms with Crippen LogP contribution >= 0.6 is 0 Å². The Morgan fingerprint density at radius 1 is 1.24 bits per heavy atom. The van der Waals surface area contributed by atoms with Crippen LogP contribution in [0.4, 0.5) is 0 Å². The zero-order chi connectivity index (χ0) is 15.7. The van der Waals surface area contributed by atoms with Crippen molar-refractivity contribution < 1.29 is 24.2 Å². The number of rotatable bonds is 8. The SMILES string of the molecule is C=CC(=O)OCC(CC)(CO)COC(=O)c1ccccc1. The lowest BCUT2D eigenvalue weighted by molar-refractivity contribution is -0.143. The lowest BCUT2D eigenvalue weighted by atomic mass is 9.88. The van der Waals surface area contributed by atoms with Gasteiger partial charge < -0.3 is 14.6 Å². The molecule has 5 heteroatoms. The molecule has 114 valence electrons. The van der Waals surface area contributed by atoms with E-state index in [0.717, 1.165) is 6.08 Å². The highest BCUT2D eigenvalue weighted by Gasteiger charge is 2.31. The summed E-state index contributed by atoms with van der Waals surface area (Å²) in [6.45, 7) is 4.81. The molecular weight excluding hydrogens is 272 g/mol. The molecule has 1 aromatic rings. The molecule has 0 amide bonds. The molecule has 0 saturated heterocycles. The van der Waals surface area contributed by atoms with Gasteiger partial charge in [0.2, 0.25) is 0 Å². The van der Waals surface area contributed by atoms with Crippen LogP contribution in [0.15, 0.2) is 43.0 Å². The van der Waals surface area contributed by atoms with Crippen LogP contribution in [-0.2, 0) is 14.3 Å². The van der Waals surface area contributed by atoms with Gasteiger partial charge in [0.25, 0.3) is 0 Å². The molecule has 0 aliphatic heterocycles. The number of benzene rings is 1. The highest BCUT2D eigenvalue weighted by atomic mass is 16.5. The molecule has 1 atom stereocenters. The van der Waals surface area contributed by atoms with Crippen LogP contribution in [0.2, 0.25) is 0 Å². The number of hydrogen-bond acceptors (Lipinski definition) is 5. The minimum absolute atomic E-state index is 0.0296. The molecular formula is C16H20O5. The predicted octanol–water partition coefficient (Wildman–Crippen LogP) is 1.96. The van der Waals surface area contributed by atoms with Gasteiger partial charge in [0.1, 0.15) is 13.2 Å². The standard InChI is InChI=1S/C16H20O5/c1-3-14(18)20-11-16(4-2,10-17)12-21-15(19)13-8-6-5-7-9-13/h3,5-9,17H,1,4,10-12H2,2H3. The fourth-order valence-electron chi connectivity index (χ4n) is 1.61. The van der Waals surface area contributed by atoms with Gasteiger partial charge in [0.15, 0.2) is 0 Å². The van der Waals surface area contributed by atoms with E-state index in [1.165, 1.54) is 0 Å². The van der Waals surface area contributed by atoms with Gasteiger partial charge in [0, 0.05) is 6.08 Å². The molecule has 0 aromatic heterocycles. The Morgan fingerprint density at radius 2 is 1.86 bits per heavy atom. The van der Waals surface area contributed by atoms with Gasteiger partial charge in [-0.3, -0.25) is 0 Å². The van der Waals surface area contributed by atoms with Gasteiger partial charge in [-0.25, -0.2) is 9.59 Å². The third-order valence-electron chi connectivity index (χ3n) is 3.29. The van der Waals surface area contributed by atoms with E-state index < -0.39 is 17.4 Å². The second-order valence-electron chi connectivity index (χ2n) is 4.77. The minimum Gasteiger partial charge on any atom is -0.462 e. The first-order valence-electron chi connectivity index (χ1n) is 6.69. The van der Waals surface area contributed by atoms with Gasteiger partial charge in [-0.15, -0.1) is 0 Å². The Morgan fingerprint density at radius 3 is 2.38 bits per heavy atom. The molecule has 0 spiro atoms. The summed E-state index contributed by atoms with van der Waals surface area (Å²) < 4.78 is 10.2. The maximum atomic E-state index is 11.9. The van der Waals surface area contributed by atoms with Crippen molar-refractivity contribution in [2.45, 2.75) is 13.3 Å². The van der Waals surface area contributed by atoms with Crippen LogP contribution in [-0.4, -0.2) is 36.9 Å². The third kappa shape index (κ3) is 5.04. The Bertz CT molecular complexity index is 477. The number of ether oxygens (including phenoxy) is 2. The second kappa shape index (κ2) is 8.21. The van der Waals surface area contributed by atoms with Crippen LogP contribution in [0, 0.1) is 5.41 Å². The van der Waals surface area contributed by atoms with Gasteiger partial charge in [-0.05, 0) is 18.6 Å². The van der Waals surface area contributed by atoms with E-state index in [1.807, 2.05) is 6.92 Å². The molecule has 1 N–H and O–H groups in total. The molecule has 0 fully saturated rings. The summed E-state index contributed by atoms with van der Waals surface area (Å²) in [4.78, 5) is 23.0. The van der Waals surface area contributed by atoms with Gasteiger partial charge in [-0.2, -0.15) is 0 Å². The largest absolute Gasteiger partial charge is 0.462 e. The van der Waals surface area contributed by atoms with Crippen LogP contribution in [0.5, 0.6) is 0 Å². The highest BCUT2D eigenvalue weighted by Crippen LogP contribution is 2.23. The molecule has 1 aromatic carbocycles. The summed E-state index contributed by atoms with van der Waals surface area (Å²) in [7, 11) is 0. The van der Waals surface area contributed by atoms with E-state index in [1.54, 1.807) is 30.3 Å². The van der Waals surface area contributed by atoms with Crippen molar-refractivity contribution >= 4 is 11.9 Å². The predicted molar refractivity (Wildman–Crippen MR) is 77.7 cm³/mol. The molecule has 0 bridgehead atoms. The van der Waals surface area contributed by atoms with Gasteiger partial charge in [0.05, 0.1) is 17.6 Å². The molecule has 0 aliphatic carbocycles. The number of aliphatic hydroxyl groups excluding tert-OH is 1. The first-order chi connectivity index (χ1) is 10.1. The number of carbonyl (C=O) groups is 2. The van der Waals surface area contributed by atoms with Crippen LogP contribution < -0.4 is 0 Å². The second-order valence-corrected chi connectivity index (χ2v) is 4.77. The lowest BCUT2D eigenvalue weighted by Gasteiger charge is -2.29. The summed E-state index contributed by atoms with van der Waals surface area (Å²) in [5, 5.41) is 9.54. The fourth-order valence-corrected chi connectivity index (χ4v) is 1.61. The van der Waals surface area contributed by atoms with Crippen LogP contribution in [0.3, 0.4) is 0 Å². The quantitative estimate of drug-likeness (QED) is 0.585. The van der Waals surface area contributed by atoms with Crippen molar-refractivity contribution in [3.05, 3.63) is 48.6 Å². The van der Waals surface area contributed by atoms with Gasteiger partial charge in [-0.1, -0.05) is 31.7 Å². The molecule has 1 unspecified atom stereocenters. The fraction of sp³-hybridized carbons (Fsp3) is 0.375. The number of hydrogen-bond donors (Lipinski definition) is 1. The summed E-state index contributed by atoms with van der Waals surface area (Å²) in [5.74, 6) is -1.05. The Hall–Kier alpha value is -2.14. The van der Waals surface area contributed by atoms with Gasteiger partial charge >= 0.3 is 11.9 Å².